The molecule has 1 fully saturated rings. The van der Waals surface area contributed by atoms with Gasteiger partial charge < -0.3 is 19.5 Å². The van der Waals surface area contributed by atoms with Crippen LogP contribution in [0.4, 0.5) is 4.79 Å². The Morgan fingerprint density at radius 2 is 1.88 bits per heavy atom. The first kappa shape index (κ1) is 24.6. The number of carbonyl (C=O) groups is 1. The Labute approximate surface area is 196 Å². The maximum Gasteiger partial charge on any atom is 0.316 e. The molecule has 1 aliphatic heterocycles. The lowest BCUT2D eigenvalue weighted by molar-refractivity contribution is -0.104. The van der Waals surface area contributed by atoms with Crippen molar-refractivity contribution in [3.63, 3.8) is 0 Å². The summed E-state index contributed by atoms with van der Waals surface area (Å²) in [6, 6.07) is 15.4. The molecule has 2 atom stereocenters. The van der Waals surface area contributed by atoms with E-state index in [9.17, 15) is 9.90 Å². The van der Waals surface area contributed by atoms with Gasteiger partial charge in [0.05, 0.1) is 12.2 Å². The number of hydrogen-bond donors (Lipinski definition) is 1. The van der Waals surface area contributed by atoms with Crippen LogP contribution in [0.5, 0.6) is 11.5 Å². The first-order chi connectivity index (χ1) is 15.6. The summed E-state index contributed by atoms with van der Waals surface area (Å²) in [5.74, 6) is 1.94. The van der Waals surface area contributed by atoms with Crippen LogP contribution in [0.1, 0.15) is 62.9 Å². The van der Waals surface area contributed by atoms with E-state index >= 15 is 0 Å². The number of halogens is 1. The van der Waals surface area contributed by atoms with Crippen molar-refractivity contribution in [2.45, 2.75) is 58.2 Å². The molecule has 32 heavy (non-hydrogen) atoms. The van der Waals surface area contributed by atoms with Gasteiger partial charge in [-0.3, -0.25) is 4.79 Å². The number of para-hydroxylation sites is 2. The van der Waals surface area contributed by atoms with Gasteiger partial charge in [-0.15, -0.1) is 0 Å². The molecule has 2 unspecified atom stereocenters. The summed E-state index contributed by atoms with van der Waals surface area (Å²) in [7, 11) is 0. The van der Waals surface area contributed by atoms with Crippen LogP contribution in [0.25, 0.3) is 0 Å². The van der Waals surface area contributed by atoms with E-state index in [0.717, 1.165) is 69.3 Å². The summed E-state index contributed by atoms with van der Waals surface area (Å²) in [5, 5.41) is 10.3. The zero-order chi connectivity index (χ0) is 22.8. The van der Waals surface area contributed by atoms with Gasteiger partial charge in [-0.2, -0.15) is 0 Å². The third-order valence-electron chi connectivity index (χ3n) is 6.06. The number of rotatable bonds is 11. The fourth-order valence-electron chi connectivity index (χ4n) is 4.25. The molecule has 5 nitrogen and oxygen atoms in total. The van der Waals surface area contributed by atoms with Gasteiger partial charge in [-0.05, 0) is 67.3 Å². The van der Waals surface area contributed by atoms with Gasteiger partial charge in [0, 0.05) is 13.1 Å². The monoisotopic (exact) mass is 459 g/mol. The molecule has 1 N–H and O–H groups in total. The number of ether oxygens (including phenoxy) is 2. The molecule has 6 heteroatoms. The maximum atomic E-state index is 11.3. The van der Waals surface area contributed by atoms with Crippen molar-refractivity contribution in [1.29, 1.82) is 0 Å². The van der Waals surface area contributed by atoms with Crippen LogP contribution >= 0.6 is 11.6 Å². The average Bonchev–Trinajstić information content (AvgIpc) is 2.82. The minimum atomic E-state index is -1.03. The Morgan fingerprint density at radius 1 is 1.12 bits per heavy atom. The van der Waals surface area contributed by atoms with Crippen molar-refractivity contribution >= 4 is 17.0 Å². The van der Waals surface area contributed by atoms with E-state index in [1.807, 2.05) is 48.5 Å². The van der Waals surface area contributed by atoms with Crippen molar-refractivity contribution in [2.24, 2.45) is 5.92 Å². The molecule has 1 heterocycles. The van der Waals surface area contributed by atoms with Gasteiger partial charge in [0.25, 0.3) is 0 Å². The average molecular weight is 460 g/mol. The van der Waals surface area contributed by atoms with Crippen LogP contribution in [0.2, 0.25) is 0 Å². The highest BCUT2D eigenvalue weighted by atomic mass is 35.5. The maximum absolute atomic E-state index is 11.3. The largest absolute Gasteiger partial charge is 0.457 e. The first-order valence-corrected chi connectivity index (χ1v) is 12.0. The lowest BCUT2D eigenvalue weighted by Gasteiger charge is -2.31. The van der Waals surface area contributed by atoms with Crippen molar-refractivity contribution < 1.29 is 19.4 Å². The summed E-state index contributed by atoms with van der Waals surface area (Å²) >= 11 is 5.61. The molecule has 0 aliphatic carbocycles. The number of benzene rings is 2. The van der Waals surface area contributed by atoms with Crippen LogP contribution in [-0.4, -0.2) is 35.1 Å². The number of aliphatic hydroxyl groups is 1. The molecule has 2 aromatic rings. The Morgan fingerprint density at radius 3 is 2.66 bits per heavy atom. The molecule has 0 bridgehead atoms. The Balaban J connectivity index is 1.42. The van der Waals surface area contributed by atoms with E-state index in [4.69, 9.17) is 21.1 Å². The number of aliphatic hydroxyl groups excluding tert-OH is 1. The van der Waals surface area contributed by atoms with Gasteiger partial charge in [0.15, 0.2) is 6.29 Å². The second kappa shape index (κ2) is 12.8. The highest BCUT2D eigenvalue weighted by Gasteiger charge is 2.22. The van der Waals surface area contributed by atoms with E-state index < -0.39 is 6.29 Å². The van der Waals surface area contributed by atoms with Crippen LogP contribution < -0.4 is 4.74 Å². The zero-order valence-corrected chi connectivity index (χ0v) is 19.6. The predicted molar refractivity (Wildman–Crippen MR) is 127 cm³/mol. The number of unbranched alkanes of at least 4 members (excludes halogenated alkanes) is 2. The number of carbonyl (C=O) groups excluding carboxylic acids is 1. The highest BCUT2D eigenvalue weighted by Crippen LogP contribution is 2.32. The number of hydrogen-bond acceptors (Lipinski definition) is 4. The number of amides is 1. The van der Waals surface area contributed by atoms with E-state index in [1.165, 1.54) is 0 Å². The second-order valence-corrected chi connectivity index (χ2v) is 8.70. The van der Waals surface area contributed by atoms with Crippen LogP contribution in [0, 0.1) is 5.92 Å². The Bertz CT molecular complexity index is 859. The third kappa shape index (κ3) is 7.22. The minimum Gasteiger partial charge on any atom is -0.457 e. The molecule has 0 radical (unpaired) electrons. The Hall–Kier alpha value is -2.08. The summed E-state index contributed by atoms with van der Waals surface area (Å²) in [6.45, 7) is 4.13. The number of aryl methyl sites for hydroxylation is 1. The molecule has 1 amide bonds. The molecule has 0 saturated carbocycles. The van der Waals surface area contributed by atoms with E-state index in [1.54, 1.807) is 4.90 Å². The van der Waals surface area contributed by atoms with Crippen LogP contribution in [0.15, 0.2) is 48.5 Å². The van der Waals surface area contributed by atoms with Gasteiger partial charge in [0.1, 0.15) is 11.5 Å². The van der Waals surface area contributed by atoms with Gasteiger partial charge in [-0.1, -0.05) is 56.2 Å². The molecule has 0 spiro atoms. The van der Waals surface area contributed by atoms with Gasteiger partial charge >= 0.3 is 5.37 Å². The van der Waals surface area contributed by atoms with Crippen LogP contribution in [-0.2, 0) is 11.2 Å². The molecule has 1 saturated heterocycles. The first-order valence-electron chi connectivity index (χ1n) is 11.7. The molecule has 3 rings (SSSR count). The summed E-state index contributed by atoms with van der Waals surface area (Å²) in [4.78, 5) is 13.1. The van der Waals surface area contributed by atoms with E-state index in [-0.39, 0.29) is 5.37 Å². The van der Waals surface area contributed by atoms with E-state index in [2.05, 4.69) is 6.92 Å². The molecule has 2 aromatic carbocycles. The van der Waals surface area contributed by atoms with Gasteiger partial charge in [-0.25, -0.2) is 0 Å². The fraction of sp³-hybridized carbons (Fsp3) is 0.500. The van der Waals surface area contributed by atoms with Crippen molar-refractivity contribution in [2.75, 3.05) is 19.7 Å². The van der Waals surface area contributed by atoms with Crippen molar-refractivity contribution in [3.8, 4) is 11.5 Å². The SMILES string of the molecule is CCc1ccccc1Oc1ccccc1C(O)OCCCCCC1CCCN(C(=O)Cl)C1. The van der Waals surface area contributed by atoms with Crippen LogP contribution in [0.3, 0.4) is 0 Å². The quantitative estimate of drug-likeness (QED) is 0.176. The smallest absolute Gasteiger partial charge is 0.316 e. The predicted octanol–water partition coefficient (Wildman–Crippen LogP) is 6.68. The number of piperidine rings is 1. The van der Waals surface area contributed by atoms with Crippen molar-refractivity contribution in [1.82, 2.24) is 4.90 Å². The summed E-state index contributed by atoms with van der Waals surface area (Å²) in [6.07, 6.45) is 6.12. The summed E-state index contributed by atoms with van der Waals surface area (Å²) in [5.41, 5.74) is 1.75. The molecule has 0 aromatic heterocycles. The fourth-order valence-corrected chi connectivity index (χ4v) is 4.40. The summed E-state index contributed by atoms with van der Waals surface area (Å²) < 4.78 is 11.8. The standard InChI is InChI=1S/C26H34ClNO4/c1-2-21-13-5-7-15-23(21)32-24-16-8-6-14-22(24)25(29)31-18-9-3-4-11-20-12-10-17-28(19-20)26(27)30/h5-8,13-16,20,25,29H,2-4,9-12,17-19H2,1H3. The third-order valence-corrected chi connectivity index (χ3v) is 6.30. The lowest BCUT2D eigenvalue weighted by Crippen LogP contribution is -2.36. The lowest BCUT2D eigenvalue weighted by atomic mass is 9.93. The Kier molecular flexibility index (Phi) is 9.85. The normalized spacial score (nSPS) is 17.2. The van der Waals surface area contributed by atoms with Gasteiger partial charge in [0.2, 0.25) is 0 Å². The molecular formula is C26H34ClNO4. The van der Waals surface area contributed by atoms with E-state index in [0.29, 0.717) is 23.8 Å². The van der Waals surface area contributed by atoms with Crippen molar-refractivity contribution in [3.05, 3.63) is 59.7 Å². The molecular weight excluding hydrogens is 426 g/mol. The second-order valence-electron chi connectivity index (χ2n) is 8.38. The minimum absolute atomic E-state index is 0.334. The number of nitrogens with zero attached hydrogens (tertiary/aromatic N) is 1. The topological polar surface area (TPSA) is 59.0 Å². The highest BCUT2D eigenvalue weighted by molar-refractivity contribution is 6.62. The molecule has 174 valence electrons. The zero-order valence-electron chi connectivity index (χ0n) is 18.8. The molecule has 1 aliphatic rings. The number of likely N-dealkylation sites (tertiary alicyclic amines) is 1.